The van der Waals surface area contributed by atoms with Gasteiger partial charge in [-0.1, -0.05) is 0 Å². The Morgan fingerprint density at radius 3 is 2.15 bits per heavy atom. The highest BCUT2D eigenvalue weighted by Crippen LogP contribution is 2.31. The van der Waals surface area contributed by atoms with Crippen LogP contribution in [-0.2, 0) is 0 Å². The summed E-state index contributed by atoms with van der Waals surface area (Å²) in [5, 5.41) is 0. The van der Waals surface area contributed by atoms with E-state index in [2.05, 4.69) is 9.80 Å². The minimum atomic E-state index is 0.920. The van der Waals surface area contributed by atoms with Gasteiger partial charge in [-0.15, -0.1) is 0 Å². The first kappa shape index (κ1) is 8.25. The Hall–Kier alpha value is -0.0800. The average molecular weight is 180 g/mol. The van der Waals surface area contributed by atoms with Crippen molar-refractivity contribution >= 4 is 0 Å². The largest absolute Gasteiger partial charge is 0.299 e. The molecular weight excluding hydrogens is 160 g/mol. The van der Waals surface area contributed by atoms with Gasteiger partial charge in [-0.3, -0.25) is 9.80 Å². The normalized spacial score (nSPS) is 37.4. The molecule has 0 N–H and O–H groups in total. The molecule has 0 aromatic heterocycles. The van der Waals surface area contributed by atoms with Crippen molar-refractivity contribution in [2.24, 2.45) is 0 Å². The second-order valence-corrected chi connectivity index (χ2v) is 4.91. The zero-order valence-corrected chi connectivity index (χ0v) is 8.41. The second kappa shape index (κ2) is 3.25. The highest BCUT2D eigenvalue weighted by atomic mass is 15.3. The van der Waals surface area contributed by atoms with Crippen molar-refractivity contribution in [3.05, 3.63) is 0 Å². The molecule has 2 nitrogen and oxygen atoms in total. The van der Waals surface area contributed by atoms with Gasteiger partial charge in [0, 0.05) is 25.2 Å². The van der Waals surface area contributed by atoms with E-state index in [0.29, 0.717) is 0 Å². The van der Waals surface area contributed by atoms with Crippen molar-refractivity contribution in [1.82, 2.24) is 9.80 Å². The molecule has 2 aliphatic heterocycles. The molecule has 0 aromatic carbocycles. The number of nitrogens with zero attached hydrogens (tertiary/aromatic N) is 2. The Morgan fingerprint density at radius 2 is 1.46 bits per heavy atom. The first-order chi connectivity index (χ1) is 6.43. The summed E-state index contributed by atoms with van der Waals surface area (Å²) in [5.41, 5.74) is 0. The van der Waals surface area contributed by atoms with Gasteiger partial charge < -0.3 is 0 Å². The number of rotatable bonds is 2. The molecule has 2 saturated heterocycles. The van der Waals surface area contributed by atoms with Crippen LogP contribution in [0.1, 0.15) is 32.1 Å². The van der Waals surface area contributed by atoms with Crippen LogP contribution in [0.3, 0.4) is 0 Å². The van der Waals surface area contributed by atoms with E-state index in [1.165, 1.54) is 58.3 Å². The molecule has 3 rings (SSSR count). The van der Waals surface area contributed by atoms with Gasteiger partial charge in [0.2, 0.25) is 0 Å². The maximum absolute atomic E-state index is 2.73. The van der Waals surface area contributed by atoms with Crippen molar-refractivity contribution in [3.8, 4) is 0 Å². The minimum Gasteiger partial charge on any atom is -0.299 e. The van der Waals surface area contributed by atoms with Crippen molar-refractivity contribution in [2.75, 3.05) is 26.2 Å². The van der Waals surface area contributed by atoms with Gasteiger partial charge in [0.15, 0.2) is 0 Å². The maximum atomic E-state index is 2.73. The highest BCUT2D eigenvalue weighted by molar-refractivity contribution is 4.93. The fraction of sp³-hybridized carbons (Fsp3) is 1.00. The molecule has 0 spiro atoms. The molecule has 3 aliphatic rings. The highest BCUT2D eigenvalue weighted by Gasteiger charge is 2.36. The van der Waals surface area contributed by atoms with Gasteiger partial charge in [0.05, 0.1) is 0 Å². The third-order valence-electron chi connectivity index (χ3n) is 3.92. The third kappa shape index (κ3) is 1.62. The minimum absolute atomic E-state index is 0.920. The Balaban J connectivity index is 1.55. The van der Waals surface area contributed by atoms with Crippen LogP contribution in [0.4, 0.5) is 0 Å². The molecule has 3 fully saturated rings. The summed E-state index contributed by atoms with van der Waals surface area (Å²) in [4.78, 5) is 5.45. The Morgan fingerprint density at radius 1 is 0.692 bits per heavy atom. The Bertz CT molecular complexity index is 183. The van der Waals surface area contributed by atoms with Crippen molar-refractivity contribution in [2.45, 2.75) is 44.2 Å². The fourth-order valence-electron chi connectivity index (χ4n) is 2.94. The van der Waals surface area contributed by atoms with Crippen LogP contribution in [0.15, 0.2) is 0 Å². The molecule has 74 valence electrons. The zero-order chi connectivity index (χ0) is 8.67. The molecule has 13 heavy (non-hydrogen) atoms. The molecule has 0 radical (unpaired) electrons. The molecule has 0 bridgehead atoms. The van der Waals surface area contributed by atoms with Gasteiger partial charge in [-0.05, 0) is 45.2 Å². The van der Waals surface area contributed by atoms with Crippen molar-refractivity contribution in [1.29, 1.82) is 0 Å². The van der Waals surface area contributed by atoms with E-state index in [-0.39, 0.29) is 0 Å². The van der Waals surface area contributed by atoms with Crippen LogP contribution in [0.25, 0.3) is 0 Å². The molecule has 1 aliphatic carbocycles. The van der Waals surface area contributed by atoms with E-state index in [1.54, 1.807) is 0 Å². The molecule has 0 amide bonds. The van der Waals surface area contributed by atoms with Gasteiger partial charge in [0.1, 0.15) is 0 Å². The fourth-order valence-corrected chi connectivity index (χ4v) is 2.94. The molecule has 2 heteroatoms. The van der Waals surface area contributed by atoms with Crippen LogP contribution in [-0.4, -0.2) is 48.1 Å². The van der Waals surface area contributed by atoms with E-state index in [0.717, 1.165) is 12.1 Å². The number of hydrogen-bond donors (Lipinski definition) is 0. The molecule has 1 atom stereocenters. The van der Waals surface area contributed by atoms with Gasteiger partial charge >= 0.3 is 0 Å². The van der Waals surface area contributed by atoms with E-state index >= 15 is 0 Å². The molecule has 1 saturated carbocycles. The van der Waals surface area contributed by atoms with Crippen LogP contribution < -0.4 is 0 Å². The van der Waals surface area contributed by atoms with E-state index in [9.17, 15) is 0 Å². The SMILES string of the molecule is C1CCN(C2CCN(C3CC3)C2)C1. The van der Waals surface area contributed by atoms with E-state index in [1.807, 2.05) is 0 Å². The third-order valence-corrected chi connectivity index (χ3v) is 3.92. The van der Waals surface area contributed by atoms with Crippen molar-refractivity contribution in [3.63, 3.8) is 0 Å². The Kier molecular flexibility index (Phi) is 2.06. The summed E-state index contributed by atoms with van der Waals surface area (Å²) in [6, 6.07) is 1.91. The average Bonchev–Trinajstić information content (AvgIpc) is 2.72. The lowest BCUT2D eigenvalue weighted by atomic mass is 10.2. The zero-order valence-electron chi connectivity index (χ0n) is 8.41. The van der Waals surface area contributed by atoms with Crippen LogP contribution in [0.5, 0.6) is 0 Å². The van der Waals surface area contributed by atoms with Gasteiger partial charge in [-0.2, -0.15) is 0 Å². The molecule has 2 heterocycles. The van der Waals surface area contributed by atoms with Crippen LogP contribution in [0, 0.1) is 0 Å². The summed E-state index contributed by atoms with van der Waals surface area (Å²) >= 11 is 0. The molecule has 1 unspecified atom stereocenters. The topological polar surface area (TPSA) is 6.48 Å². The summed E-state index contributed by atoms with van der Waals surface area (Å²) in [5.74, 6) is 0. The monoisotopic (exact) mass is 180 g/mol. The van der Waals surface area contributed by atoms with Gasteiger partial charge in [-0.25, -0.2) is 0 Å². The first-order valence-corrected chi connectivity index (χ1v) is 5.91. The second-order valence-electron chi connectivity index (χ2n) is 4.91. The van der Waals surface area contributed by atoms with E-state index in [4.69, 9.17) is 0 Å². The summed E-state index contributed by atoms with van der Waals surface area (Å²) in [6.07, 6.45) is 7.29. The summed E-state index contributed by atoms with van der Waals surface area (Å²) in [6.45, 7) is 5.52. The van der Waals surface area contributed by atoms with Crippen LogP contribution in [0.2, 0.25) is 0 Å². The van der Waals surface area contributed by atoms with Gasteiger partial charge in [0.25, 0.3) is 0 Å². The number of likely N-dealkylation sites (tertiary alicyclic amines) is 2. The predicted octanol–water partition coefficient (Wildman–Crippen LogP) is 1.32. The van der Waals surface area contributed by atoms with E-state index < -0.39 is 0 Å². The summed E-state index contributed by atoms with van der Waals surface area (Å²) in [7, 11) is 0. The summed E-state index contributed by atoms with van der Waals surface area (Å²) < 4.78 is 0. The smallest absolute Gasteiger partial charge is 0.0235 e. The lowest BCUT2D eigenvalue weighted by Crippen LogP contribution is -2.35. The quantitative estimate of drug-likeness (QED) is 0.632. The van der Waals surface area contributed by atoms with Crippen molar-refractivity contribution < 1.29 is 0 Å². The maximum Gasteiger partial charge on any atom is 0.0235 e. The number of hydrogen-bond acceptors (Lipinski definition) is 2. The predicted molar refractivity (Wildman–Crippen MR) is 53.8 cm³/mol. The molecular formula is C11H20N2. The lowest BCUT2D eigenvalue weighted by Gasteiger charge is -2.23. The van der Waals surface area contributed by atoms with Crippen LogP contribution >= 0.6 is 0 Å². The lowest BCUT2D eigenvalue weighted by molar-refractivity contribution is 0.229. The first-order valence-electron chi connectivity index (χ1n) is 5.91. The molecule has 0 aromatic rings. The Labute approximate surface area is 80.9 Å². The standard InChI is InChI=1S/C11H20N2/c1-2-7-12(6-1)11-5-8-13(9-11)10-3-4-10/h10-11H,1-9H2.